The van der Waals surface area contributed by atoms with E-state index in [-0.39, 0.29) is 11.6 Å². The molecule has 0 aliphatic heterocycles. The fraction of sp³-hybridized carbons (Fsp3) is 0.765. The SMILES string of the molecule is CC(C)CCCC(C)(C)NC[C@H](O)CCc1ccco1. The quantitative estimate of drug-likeness (QED) is 0.686. The number of rotatable bonds is 10. The highest BCUT2D eigenvalue weighted by Crippen LogP contribution is 2.16. The molecule has 1 heterocycles. The van der Waals surface area contributed by atoms with Gasteiger partial charge in [-0.1, -0.05) is 26.7 Å². The maximum atomic E-state index is 10.0. The molecule has 0 amide bonds. The second-order valence-electron chi connectivity index (χ2n) is 6.82. The lowest BCUT2D eigenvalue weighted by atomic mass is 9.94. The van der Waals surface area contributed by atoms with Crippen molar-refractivity contribution in [2.75, 3.05) is 6.54 Å². The van der Waals surface area contributed by atoms with E-state index in [9.17, 15) is 5.11 Å². The van der Waals surface area contributed by atoms with E-state index in [1.807, 2.05) is 12.1 Å². The molecule has 3 nitrogen and oxygen atoms in total. The molecule has 0 radical (unpaired) electrons. The fourth-order valence-electron chi connectivity index (χ4n) is 2.30. The molecule has 0 saturated carbocycles. The highest BCUT2D eigenvalue weighted by molar-refractivity contribution is 4.98. The minimum absolute atomic E-state index is 0.0978. The molecule has 116 valence electrons. The van der Waals surface area contributed by atoms with E-state index in [1.54, 1.807) is 6.26 Å². The minimum Gasteiger partial charge on any atom is -0.469 e. The number of hydrogen-bond donors (Lipinski definition) is 2. The van der Waals surface area contributed by atoms with Gasteiger partial charge in [-0.05, 0) is 44.7 Å². The van der Waals surface area contributed by atoms with Gasteiger partial charge < -0.3 is 14.8 Å². The molecular weight excluding hydrogens is 250 g/mol. The number of furan rings is 1. The summed E-state index contributed by atoms with van der Waals surface area (Å²) in [4.78, 5) is 0. The minimum atomic E-state index is -0.315. The zero-order valence-corrected chi connectivity index (χ0v) is 13.5. The normalized spacial score (nSPS) is 13.9. The van der Waals surface area contributed by atoms with Crippen molar-refractivity contribution in [1.82, 2.24) is 5.32 Å². The lowest BCUT2D eigenvalue weighted by Crippen LogP contribution is -2.43. The van der Waals surface area contributed by atoms with Gasteiger partial charge >= 0.3 is 0 Å². The predicted octanol–water partition coefficient (Wildman–Crippen LogP) is 3.77. The average Bonchev–Trinajstić information content (AvgIpc) is 2.86. The maximum Gasteiger partial charge on any atom is 0.103 e. The van der Waals surface area contributed by atoms with Crippen molar-refractivity contribution in [3.8, 4) is 0 Å². The third-order valence-corrected chi connectivity index (χ3v) is 3.70. The molecule has 2 N–H and O–H groups in total. The molecule has 1 atom stereocenters. The molecule has 0 fully saturated rings. The van der Waals surface area contributed by atoms with E-state index in [2.05, 4.69) is 33.0 Å². The summed E-state index contributed by atoms with van der Waals surface area (Å²) in [7, 11) is 0. The van der Waals surface area contributed by atoms with Crippen molar-refractivity contribution in [2.45, 2.75) is 71.4 Å². The molecule has 0 saturated heterocycles. The molecule has 1 rings (SSSR count). The summed E-state index contributed by atoms with van der Waals surface area (Å²) in [5.41, 5.74) is 0.0978. The second-order valence-corrected chi connectivity index (χ2v) is 6.82. The summed E-state index contributed by atoms with van der Waals surface area (Å²) in [6, 6.07) is 3.84. The third kappa shape index (κ3) is 7.71. The van der Waals surface area contributed by atoms with Gasteiger partial charge in [0.2, 0.25) is 0 Å². The standard InChI is InChI=1S/C17H31NO2/c1-14(2)7-5-11-17(3,4)18-13-15(19)9-10-16-8-6-12-20-16/h6,8,12,14-15,18-19H,5,7,9-11,13H2,1-4H3/t15-/m1/s1. The van der Waals surface area contributed by atoms with Gasteiger partial charge in [0.05, 0.1) is 12.4 Å². The predicted molar refractivity (Wildman–Crippen MR) is 83.8 cm³/mol. The van der Waals surface area contributed by atoms with Crippen LogP contribution in [0.1, 0.15) is 59.1 Å². The Hall–Kier alpha value is -0.800. The molecule has 1 aromatic rings. The van der Waals surface area contributed by atoms with Gasteiger partial charge in [-0.25, -0.2) is 0 Å². The van der Waals surface area contributed by atoms with Crippen LogP contribution in [0.3, 0.4) is 0 Å². The van der Waals surface area contributed by atoms with Gasteiger partial charge in [-0.3, -0.25) is 0 Å². The Balaban J connectivity index is 2.16. The Kier molecular flexibility index (Phi) is 7.31. The number of β-amino-alcohol motifs (C(OH)–C–C–N with tert-alkyl or cyclic N) is 1. The van der Waals surface area contributed by atoms with E-state index >= 15 is 0 Å². The van der Waals surface area contributed by atoms with Crippen LogP contribution in [0.2, 0.25) is 0 Å². The van der Waals surface area contributed by atoms with E-state index in [0.717, 1.165) is 30.9 Å². The van der Waals surface area contributed by atoms with Crippen LogP contribution < -0.4 is 5.32 Å². The van der Waals surface area contributed by atoms with E-state index in [0.29, 0.717) is 6.54 Å². The van der Waals surface area contributed by atoms with Crippen LogP contribution in [-0.2, 0) is 6.42 Å². The Labute approximate surface area is 123 Å². The Bertz CT molecular complexity index is 344. The van der Waals surface area contributed by atoms with Gasteiger partial charge in [0.25, 0.3) is 0 Å². The number of nitrogens with one attached hydrogen (secondary N) is 1. The molecule has 0 unspecified atom stereocenters. The number of aryl methyl sites for hydroxylation is 1. The fourth-order valence-corrected chi connectivity index (χ4v) is 2.30. The first-order chi connectivity index (χ1) is 9.39. The summed E-state index contributed by atoms with van der Waals surface area (Å²) in [5, 5.41) is 13.5. The van der Waals surface area contributed by atoms with Crippen molar-refractivity contribution >= 4 is 0 Å². The van der Waals surface area contributed by atoms with Crippen LogP contribution in [0.5, 0.6) is 0 Å². The largest absolute Gasteiger partial charge is 0.469 e. The molecular formula is C17H31NO2. The van der Waals surface area contributed by atoms with Crippen molar-refractivity contribution in [3.63, 3.8) is 0 Å². The topological polar surface area (TPSA) is 45.4 Å². The molecule has 0 aromatic carbocycles. The van der Waals surface area contributed by atoms with Gasteiger partial charge in [-0.15, -0.1) is 0 Å². The van der Waals surface area contributed by atoms with Gasteiger partial charge in [0.15, 0.2) is 0 Å². The van der Waals surface area contributed by atoms with Crippen molar-refractivity contribution in [2.24, 2.45) is 5.92 Å². The Morgan fingerprint density at radius 1 is 1.30 bits per heavy atom. The van der Waals surface area contributed by atoms with Crippen LogP contribution in [0, 0.1) is 5.92 Å². The first-order valence-electron chi connectivity index (χ1n) is 7.84. The number of hydrogen-bond acceptors (Lipinski definition) is 3. The van der Waals surface area contributed by atoms with E-state index < -0.39 is 0 Å². The van der Waals surface area contributed by atoms with E-state index in [4.69, 9.17) is 4.42 Å². The Morgan fingerprint density at radius 3 is 2.65 bits per heavy atom. The second kappa shape index (κ2) is 8.48. The molecule has 0 spiro atoms. The van der Waals surface area contributed by atoms with Gasteiger partial charge in [-0.2, -0.15) is 0 Å². The van der Waals surface area contributed by atoms with Crippen molar-refractivity contribution in [1.29, 1.82) is 0 Å². The number of aliphatic hydroxyl groups excluding tert-OH is 1. The molecule has 0 aliphatic rings. The zero-order valence-electron chi connectivity index (χ0n) is 13.5. The summed E-state index contributed by atoms with van der Waals surface area (Å²) in [5.74, 6) is 1.71. The third-order valence-electron chi connectivity index (χ3n) is 3.70. The summed E-state index contributed by atoms with van der Waals surface area (Å²) >= 11 is 0. The van der Waals surface area contributed by atoms with Crippen LogP contribution >= 0.6 is 0 Å². The van der Waals surface area contributed by atoms with Crippen LogP contribution in [0.15, 0.2) is 22.8 Å². The molecule has 0 bridgehead atoms. The lowest BCUT2D eigenvalue weighted by molar-refractivity contribution is 0.145. The highest BCUT2D eigenvalue weighted by atomic mass is 16.3. The number of aliphatic hydroxyl groups is 1. The molecule has 1 aromatic heterocycles. The smallest absolute Gasteiger partial charge is 0.103 e. The van der Waals surface area contributed by atoms with Crippen molar-refractivity contribution < 1.29 is 9.52 Å². The summed E-state index contributed by atoms with van der Waals surface area (Å²) in [6.45, 7) is 9.60. The van der Waals surface area contributed by atoms with Gasteiger partial charge in [0.1, 0.15) is 5.76 Å². The van der Waals surface area contributed by atoms with Crippen molar-refractivity contribution in [3.05, 3.63) is 24.2 Å². The lowest BCUT2D eigenvalue weighted by Gasteiger charge is -2.28. The monoisotopic (exact) mass is 281 g/mol. The van der Waals surface area contributed by atoms with Crippen LogP contribution in [-0.4, -0.2) is 23.3 Å². The maximum absolute atomic E-state index is 10.0. The first kappa shape index (κ1) is 17.3. The first-order valence-corrected chi connectivity index (χ1v) is 7.84. The Morgan fingerprint density at radius 2 is 2.05 bits per heavy atom. The van der Waals surface area contributed by atoms with Gasteiger partial charge in [0, 0.05) is 18.5 Å². The molecule has 20 heavy (non-hydrogen) atoms. The highest BCUT2D eigenvalue weighted by Gasteiger charge is 2.18. The average molecular weight is 281 g/mol. The summed E-state index contributed by atoms with van der Waals surface area (Å²) < 4.78 is 5.27. The van der Waals surface area contributed by atoms with E-state index in [1.165, 1.54) is 12.8 Å². The molecule has 0 aliphatic carbocycles. The zero-order chi connectivity index (χ0) is 15.0. The molecule has 3 heteroatoms. The van der Waals surface area contributed by atoms with Crippen LogP contribution in [0.25, 0.3) is 0 Å². The summed E-state index contributed by atoms with van der Waals surface area (Å²) in [6.07, 6.45) is 6.55. The van der Waals surface area contributed by atoms with Crippen LogP contribution in [0.4, 0.5) is 0 Å².